The zero-order chi connectivity index (χ0) is 13.8. The number of nitrogens with two attached hydrogens (primary N) is 1. The lowest BCUT2D eigenvalue weighted by molar-refractivity contribution is -0.116. The Bertz CT molecular complexity index is 594. The molecule has 2 aromatic rings. The van der Waals surface area contributed by atoms with Crippen molar-refractivity contribution in [3.05, 3.63) is 41.4 Å². The van der Waals surface area contributed by atoms with E-state index < -0.39 is 0 Å². The normalized spacial score (nSPS) is 10.4. The quantitative estimate of drug-likeness (QED) is 0.843. The Balaban J connectivity index is 2.03. The van der Waals surface area contributed by atoms with Crippen molar-refractivity contribution in [3.63, 3.8) is 0 Å². The van der Waals surface area contributed by atoms with E-state index in [1.54, 1.807) is 30.6 Å². The second kappa shape index (κ2) is 5.75. The van der Waals surface area contributed by atoms with Gasteiger partial charge in [0.25, 0.3) is 0 Å². The number of carbonyl (C=O) groups excluding carboxylic acids is 1. The summed E-state index contributed by atoms with van der Waals surface area (Å²) in [6.45, 7) is 2.22. The van der Waals surface area contributed by atoms with Crippen LogP contribution in [0, 0.1) is 0 Å². The molecule has 0 aliphatic heterocycles. The van der Waals surface area contributed by atoms with Gasteiger partial charge in [-0.3, -0.25) is 4.79 Å². The summed E-state index contributed by atoms with van der Waals surface area (Å²) in [7, 11) is 0. The first-order valence-corrected chi connectivity index (χ1v) is 6.33. The van der Waals surface area contributed by atoms with E-state index in [0.717, 1.165) is 12.2 Å². The first kappa shape index (κ1) is 13.4. The maximum Gasteiger partial charge on any atom is 0.244 e. The van der Waals surface area contributed by atoms with E-state index in [-0.39, 0.29) is 12.5 Å². The van der Waals surface area contributed by atoms with Crippen molar-refractivity contribution in [2.24, 2.45) is 0 Å². The predicted octanol–water partition coefficient (Wildman–Crippen LogP) is 2.32. The molecule has 3 N–H and O–H groups in total. The van der Waals surface area contributed by atoms with E-state index in [4.69, 9.17) is 17.3 Å². The Hall–Kier alpha value is -2.01. The number of imidazole rings is 1. The number of halogens is 1. The monoisotopic (exact) mass is 278 g/mol. The second-order valence-electron chi connectivity index (χ2n) is 4.11. The highest BCUT2D eigenvalue weighted by molar-refractivity contribution is 6.33. The first-order valence-electron chi connectivity index (χ1n) is 5.95. The van der Waals surface area contributed by atoms with Crippen molar-refractivity contribution in [1.29, 1.82) is 0 Å². The van der Waals surface area contributed by atoms with Gasteiger partial charge in [0, 0.05) is 24.5 Å². The van der Waals surface area contributed by atoms with E-state index in [1.807, 2.05) is 11.5 Å². The molecule has 0 atom stereocenters. The van der Waals surface area contributed by atoms with Crippen molar-refractivity contribution >= 4 is 28.9 Å². The van der Waals surface area contributed by atoms with Gasteiger partial charge in [-0.2, -0.15) is 0 Å². The highest BCUT2D eigenvalue weighted by atomic mass is 35.5. The number of hydrogen-bond donors (Lipinski definition) is 2. The van der Waals surface area contributed by atoms with Gasteiger partial charge in [-0.15, -0.1) is 0 Å². The van der Waals surface area contributed by atoms with Gasteiger partial charge < -0.3 is 15.6 Å². The van der Waals surface area contributed by atoms with Gasteiger partial charge in [0.15, 0.2) is 0 Å². The van der Waals surface area contributed by atoms with Crippen LogP contribution in [-0.2, 0) is 17.8 Å². The summed E-state index contributed by atoms with van der Waals surface area (Å²) in [6, 6.07) is 5.00. The zero-order valence-corrected chi connectivity index (χ0v) is 11.3. The van der Waals surface area contributed by atoms with E-state index in [1.165, 1.54) is 0 Å². The second-order valence-corrected chi connectivity index (χ2v) is 4.52. The Labute approximate surface area is 116 Å². The van der Waals surface area contributed by atoms with Crippen LogP contribution in [0.4, 0.5) is 11.4 Å². The number of hydrogen-bond acceptors (Lipinski definition) is 3. The van der Waals surface area contributed by atoms with Crippen LogP contribution < -0.4 is 11.1 Å². The van der Waals surface area contributed by atoms with Gasteiger partial charge in [-0.1, -0.05) is 18.5 Å². The fourth-order valence-electron chi connectivity index (χ4n) is 1.78. The summed E-state index contributed by atoms with van der Waals surface area (Å²) in [5.74, 6) is 0.750. The zero-order valence-electron chi connectivity index (χ0n) is 10.6. The summed E-state index contributed by atoms with van der Waals surface area (Å²) in [5, 5.41) is 3.25. The molecule has 0 spiro atoms. The molecular weight excluding hydrogens is 264 g/mol. The topological polar surface area (TPSA) is 72.9 Å². The van der Waals surface area contributed by atoms with E-state index in [2.05, 4.69) is 10.3 Å². The van der Waals surface area contributed by atoms with Crippen molar-refractivity contribution in [2.75, 3.05) is 11.1 Å². The maximum absolute atomic E-state index is 11.9. The Morgan fingerprint density at radius 2 is 2.32 bits per heavy atom. The van der Waals surface area contributed by atoms with Gasteiger partial charge in [-0.05, 0) is 18.2 Å². The highest BCUT2D eigenvalue weighted by Gasteiger charge is 2.07. The molecule has 0 bridgehead atoms. The fourth-order valence-corrected chi connectivity index (χ4v) is 1.89. The summed E-state index contributed by atoms with van der Waals surface area (Å²) in [4.78, 5) is 16.1. The fraction of sp³-hybridized carbons (Fsp3) is 0.231. The molecule has 1 aromatic heterocycles. The molecule has 2 rings (SSSR count). The van der Waals surface area contributed by atoms with Crippen molar-refractivity contribution < 1.29 is 4.79 Å². The van der Waals surface area contributed by atoms with Crippen LogP contribution >= 0.6 is 11.6 Å². The Kier molecular flexibility index (Phi) is 4.06. The molecule has 0 fully saturated rings. The van der Waals surface area contributed by atoms with Gasteiger partial charge in [0.1, 0.15) is 12.4 Å². The van der Waals surface area contributed by atoms with E-state index in [0.29, 0.717) is 16.4 Å². The minimum atomic E-state index is -0.130. The summed E-state index contributed by atoms with van der Waals surface area (Å²) >= 11 is 5.82. The molecule has 0 saturated heterocycles. The predicted molar refractivity (Wildman–Crippen MR) is 76.1 cm³/mol. The van der Waals surface area contributed by atoms with Crippen LogP contribution in [0.25, 0.3) is 0 Å². The van der Waals surface area contributed by atoms with Gasteiger partial charge >= 0.3 is 0 Å². The molecule has 0 radical (unpaired) electrons. The number of nitrogens with one attached hydrogen (secondary N) is 1. The molecular formula is C13H15ClN4O. The molecule has 0 aliphatic rings. The minimum absolute atomic E-state index is 0.130. The molecule has 100 valence electrons. The molecule has 0 aliphatic carbocycles. The van der Waals surface area contributed by atoms with Gasteiger partial charge in [-0.25, -0.2) is 4.98 Å². The highest BCUT2D eigenvalue weighted by Crippen LogP contribution is 2.22. The van der Waals surface area contributed by atoms with Crippen molar-refractivity contribution in [2.45, 2.75) is 19.9 Å². The smallest absolute Gasteiger partial charge is 0.244 e. The number of benzene rings is 1. The number of nitrogen functional groups attached to an aromatic ring is 1. The third-order valence-electron chi connectivity index (χ3n) is 2.71. The van der Waals surface area contributed by atoms with Gasteiger partial charge in [0.2, 0.25) is 5.91 Å². The molecule has 0 saturated carbocycles. The lowest BCUT2D eigenvalue weighted by Crippen LogP contribution is -2.19. The van der Waals surface area contributed by atoms with Crippen LogP contribution in [0.15, 0.2) is 30.6 Å². The number of amides is 1. The Morgan fingerprint density at radius 3 is 3.00 bits per heavy atom. The van der Waals surface area contributed by atoms with Crippen molar-refractivity contribution in [1.82, 2.24) is 9.55 Å². The van der Waals surface area contributed by atoms with E-state index in [9.17, 15) is 4.79 Å². The molecule has 1 heterocycles. The number of aryl methyl sites for hydroxylation is 1. The van der Waals surface area contributed by atoms with E-state index >= 15 is 0 Å². The van der Waals surface area contributed by atoms with Gasteiger partial charge in [0.05, 0.1) is 10.7 Å². The first-order chi connectivity index (χ1) is 9.10. The van der Waals surface area contributed by atoms with Crippen LogP contribution in [0.2, 0.25) is 5.02 Å². The number of rotatable bonds is 4. The molecule has 5 nitrogen and oxygen atoms in total. The minimum Gasteiger partial charge on any atom is -0.397 e. The third-order valence-corrected chi connectivity index (χ3v) is 3.06. The summed E-state index contributed by atoms with van der Waals surface area (Å²) < 4.78 is 1.81. The largest absolute Gasteiger partial charge is 0.397 e. The molecule has 1 aromatic carbocycles. The number of carbonyl (C=O) groups is 1. The number of nitrogens with zero attached hydrogens (tertiary/aromatic N) is 2. The van der Waals surface area contributed by atoms with Crippen LogP contribution in [-0.4, -0.2) is 15.5 Å². The van der Waals surface area contributed by atoms with Crippen LogP contribution in [0.1, 0.15) is 12.7 Å². The summed E-state index contributed by atoms with van der Waals surface area (Å²) in [5.41, 5.74) is 6.75. The SMILES string of the molecule is CCc1nccn1CC(=O)Nc1ccc(Cl)c(N)c1. The number of anilines is 2. The maximum atomic E-state index is 11.9. The number of aromatic nitrogens is 2. The van der Waals surface area contributed by atoms with Crippen LogP contribution in [0.3, 0.4) is 0 Å². The third kappa shape index (κ3) is 3.26. The molecule has 1 amide bonds. The lowest BCUT2D eigenvalue weighted by atomic mass is 10.3. The molecule has 6 heteroatoms. The van der Waals surface area contributed by atoms with Crippen molar-refractivity contribution in [3.8, 4) is 0 Å². The lowest BCUT2D eigenvalue weighted by Gasteiger charge is -2.09. The van der Waals surface area contributed by atoms with Crippen LogP contribution in [0.5, 0.6) is 0 Å². The average Bonchev–Trinajstić information content (AvgIpc) is 2.81. The average molecular weight is 279 g/mol. The Morgan fingerprint density at radius 1 is 1.53 bits per heavy atom. The standard InChI is InChI=1S/C13H15ClN4O/c1-2-12-16-5-6-18(12)8-13(19)17-9-3-4-10(14)11(15)7-9/h3-7H,2,8,15H2,1H3,(H,17,19). The molecule has 19 heavy (non-hydrogen) atoms. The summed E-state index contributed by atoms with van der Waals surface area (Å²) in [6.07, 6.45) is 4.26. The molecule has 0 unspecified atom stereocenters.